The summed E-state index contributed by atoms with van der Waals surface area (Å²) in [5.41, 5.74) is 0.916. The maximum absolute atomic E-state index is 11.9. The van der Waals surface area contributed by atoms with E-state index in [1.807, 2.05) is 31.1 Å². The minimum atomic E-state index is -0.258. The predicted octanol–water partition coefficient (Wildman–Crippen LogP) is 2.02. The topological polar surface area (TPSA) is 74.3 Å². The quantitative estimate of drug-likeness (QED) is 0.782. The smallest absolute Gasteiger partial charge is 0.261 e. The molecule has 0 fully saturated rings. The van der Waals surface area contributed by atoms with Gasteiger partial charge in [-0.25, -0.2) is 4.98 Å². The van der Waals surface area contributed by atoms with Gasteiger partial charge in [0.25, 0.3) is 5.91 Å². The zero-order chi connectivity index (χ0) is 16.8. The zero-order valence-corrected chi connectivity index (χ0v) is 15.2. The van der Waals surface area contributed by atoms with E-state index in [0.717, 1.165) is 15.2 Å². The minimum Gasteiger partial charge on any atom is -0.362 e. The van der Waals surface area contributed by atoms with Gasteiger partial charge >= 0.3 is 0 Å². The number of aromatic nitrogens is 1. The lowest BCUT2D eigenvalue weighted by Crippen LogP contribution is -2.36. The minimum absolute atomic E-state index is 0.0636. The van der Waals surface area contributed by atoms with Gasteiger partial charge in [-0.3, -0.25) is 9.59 Å². The van der Waals surface area contributed by atoms with Crippen molar-refractivity contribution in [3.8, 4) is 0 Å². The lowest BCUT2D eigenvalue weighted by Gasteiger charge is -2.16. The summed E-state index contributed by atoms with van der Waals surface area (Å²) in [5.74, 6) is 0.300. The summed E-state index contributed by atoms with van der Waals surface area (Å²) < 4.78 is 0.875. The molecule has 8 heteroatoms. The molecule has 0 aliphatic heterocycles. The highest BCUT2D eigenvalue weighted by molar-refractivity contribution is 9.11. The van der Waals surface area contributed by atoms with Crippen molar-refractivity contribution >= 4 is 44.9 Å². The predicted molar refractivity (Wildman–Crippen MR) is 94.8 cm³/mol. The Bertz CT molecular complexity index is 702. The molecular formula is C15H17BrN4O2S. The molecule has 0 unspecified atom stereocenters. The van der Waals surface area contributed by atoms with Crippen molar-refractivity contribution in [2.75, 3.05) is 25.5 Å². The van der Waals surface area contributed by atoms with Crippen molar-refractivity contribution in [3.63, 3.8) is 0 Å². The third-order valence-corrected chi connectivity index (χ3v) is 4.60. The van der Waals surface area contributed by atoms with Gasteiger partial charge in [0.2, 0.25) is 5.91 Å². The van der Waals surface area contributed by atoms with E-state index in [1.54, 1.807) is 18.3 Å². The second kappa shape index (κ2) is 8.07. The van der Waals surface area contributed by atoms with Crippen LogP contribution >= 0.6 is 27.3 Å². The zero-order valence-electron chi connectivity index (χ0n) is 12.8. The molecule has 23 heavy (non-hydrogen) atoms. The van der Waals surface area contributed by atoms with Gasteiger partial charge in [-0.05, 0) is 34.1 Å². The normalized spacial score (nSPS) is 10.2. The molecule has 122 valence electrons. The van der Waals surface area contributed by atoms with Crippen LogP contribution in [0, 0.1) is 0 Å². The number of hydrogen-bond acceptors (Lipinski definition) is 5. The van der Waals surface area contributed by atoms with Crippen LogP contribution in [0.5, 0.6) is 0 Å². The van der Waals surface area contributed by atoms with E-state index in [2.05, 4.69) is 31.5 Å². The molecule has 0 saturated carbocycles. The number of carbonyl (C=O) groups excluding carboxylic acids is 2. The maximum atomic E-state index is 11.9. The van der Waals surface area contributed by atoms with E-state index < -0.39 is 0 Å². The number of thiophene rings is 1. The summed E-state index contributed by atoms with van der Waals surface area (Å²) in [4.78, 5) is 30.5. The van der Waals surface area contributed by atoms with Crippen LogP contribution in [0.25, 0.3) is 0 Å². The Labute approximate surface area is 147 Å². The number of rotatable bonds is 6. The Kier molecular flexibility index (Phi) is 6.12. The fourth-order valence-corrected chi connectivity index (χ4v) is 3.21. The second-order valence-corrected chi connectivity index (χ2v) is 7.41. The third-order valence-electron chi connectivity index (χ3n) is 2.97. The van der Waals surface area contributed by atoms with E-state index in [4.69, 9.17) is 0 Å². The van der Waals surface area contributed by atoms with Crippen LogP contribution in [0.2, 0.25) is 0 Å². The van der Waals surface area contributed by atoms with Crippen LogP contribution in [0.3, 0.4) is 0 Å². The van der Waals surface area contributed by atoms with Crippen LogP contribution in [-0.2, 0) is 11.3 Å². The summed E-state index contributed by atoms with van der Waals surface area (Å²) in [5, 5.41) is 5.38. The van der Waals surface area contributed by atoms with Crippen LogP contribution < -0.4 is 15.5 Å². The number of carbonyl (C=O) groups is 2. The number of hydrogen-bond donors (Lipinski definition) is 2. The van der Waals surface area contributed by atoms with Gasteiger partial charge in [0, 0.05) is 32.4 Å². The average Bonchev–Trinajstić information content (AvgIpc) is 2.97. The molecule has 2 N–H and O–H groups in total. The molecule has 6 nitrogen and oxygen atoms in total. The first kappa shape index (κ1) is 17.4. The molecule has 2 amide bonds. The van der Waals surface area contributed by atoms with Gasteiger partial charge in [0.1, 0.15) is 5.82 Å². The molecule has 0 saturated heterocycles. The van der Waals surface area contributed by atoms with E-state index >= 15 is 0 Å². The van der Waals surface area contributed by atoms with Crippen molar-refractivity contribution in [2.24, 2.45) is 0 Å². The lowest BCUT2D eigenvalue weighted by molar-refractivity contribution is -0.120. The van der Waals surface area contributed by atoms with Crippen LogP contribution in [0.15, 0.2) is 34.2 Å². The number of nitrogens with zero attached hydrogens (tertiary/aromatic N) is 2. The molecule has 2 rings (SSSR count). The van der Waals surface area contributed by atoms with Crippen molar-refractivity contribution in [1.82, 2.24) is 15.6 Å². The van der Waals surface area contributed by atoms with E-state index in [0.29, 0.717) is 11.4 Å². The second-order valence-electron chi connectivity index (χ2n) is 4.94. The molecule has 2 heterocycles. The molecule has 0 bridgehead atoms. The highest BCUT2D eigenvalue weighted by atomic mass is 79.9. The summed E-state index contributed by atoms with van der Waals surface area (Å²) in [6.07, 6.45) is 1.71. The number of pyridine rings is 1. The monoisotopic (exact) mass is 396 g/mol. The largest absolute Gasteiger partial charge is 0.362 e. The first-order chi connectivity index (χ1) is 11.0. The Morgan fingerprint density at radius 2 is 2.04 bits per heavy atom. The fourth-order valence-electron chi connectivity index (χ4n) is 1.91. The number of anilines is 1. The van der Waals surface area contributed by atoms with Gasteiger partial charge in [-0.15, -0.1) is 11.3 Å². The van der Waals surface area contributed by atoms with Crippen LogP contribution in [0.4, 0.5) is 5.82 Å². The van der Waals surface area contributed by atoms with Gasteiger partial charge in [0.05, 0.1) is 15.2 Å². The van der Waals surface area contributed by atoms with E-state index in [-0.39, 0.29) is 18.4 Å². The van der Waals surface area contributed by atoms with Gasteiger partial charge < -0.3 is 15.5 Å². The van der Waals surface area contributed by atoms with Crippen LogP contribution in [0.1, 0.15) is 15.2 Å². The molecular weight excluding hydrogens is 380 g/mol. The maximum Gasteiger partial charge on any atom is 0.261 e. The van der Waals surface area contributed by atoms with Crippen molar-refractivity contribution in [2.45, 2.75) is 6.54 Å². The Morgan fingerprint density at radius 3 is 2.70 bits per heavy atom. The lowest BCUT2D eigenvalue weighted by atomic mass is 10.2. The average molecular weight is 397 g/mol. The molecule has 0 spiro atoms. The number of amides is 2. The van der Waals surface area contributed by atoms with Crippen molar-refractivity contribution in [1.29, 1.82) is 0 Å². The fraction of sp³-hybridized carbons (Fsp3) is 0.267. The molecule has 0 aliphatic rings. The molecule has 2 aromatic rings. The van der Waals surface area contributed by atoms with Gasteiger partial charge in [-0.1, -0.05) is 6.07 Å². The van der Waals surface area contributed by atoms with Crippen LogP contribution in [-0.4, -0.2) is 37.4 Å². The SMILES string of the molecule is CN(C)c1ncccc1CNC(=O)CNC(=O)c1ccc(Br)s1. The van der Waals surface area contributed by atoms with Crippen molar-refractivity contribution < 1.29 is 9.59 Å². The molecule has 0 aromatic carbocycles. The third kappa shape index (κ3) is 5.04. The standard InChI is InChI=1S/C15H17BrN4O2S/c1-20(2)14-10(4-3-7-17-14)8-18-13(21)9-19-15(22)11-5-6-12(16)23-11/h3-7H,8-9H2,1-2H3,(H,18,21)(H,19,22). The molecule has 0 radical (unpaired) electrons. The van der Waals surface area contributed by atoms with E-state index in [9.17, 15) is 9.59 Å². The van der Waals surface area contributed by atoms with E-state index in [1.165, 1.54) is 11.3 Å². The molecule has 2 aromatic heterocycles. The van der Waals surface area contributed by atoms with Gasteiger partial charge in [0.15, 0.2) is 0 Å². The summed E-state index contributed by atoms with van der Waals surface area (Å²) in [7, 11) is 3.79. The summed E-state index contributed by atoms with van der Waals surface area (Å²) in [6.45, 7) is 0.298. The first-order valence-corrected chi connectivity index (χ1v) is 8.50. The van der Waals surface area contributed by atoms with Crippen molar-refractivity contribution in [3.05, 3.63) is 44.7 Å². The highest BCUT2D eigenvalue weighted by Gasteiger charge is 2.11. The Balaban J connectivity index is 1.83. The molecule has 0 aliphatic carbocycles. The Hall–Kier alpha value is -1.93. The summed E-state index contributed by atoms with van der Waals surface area (Å²) in [6, 6.07) is 7.24. The summed E-state index contributed by atoms with van der Waals surface area (Å²) >= 11 is 4.62. The first-order valence-electron chi connectivity index (χ1n) is 6.89. The number of nitrogens with one attached hydrogen (secondary N) is 2. The van der Waals surface area contributed by atoms with Gasteiger partial charge in [-0.2, -0.15) is 0 Å². The molecule has 0 atom stereocenters. The number of halogens is 1. The Morgan fingerprint density at radius 1 is 1.26 bits per heavy atom. The highest BCUT2D eigenvalue weighted by Crippen LogP contribution is 2.21.